The Morgan fingerprint density at radius 1 is 0.816 bits per heavy atom. The van der Waals surface area contributed by atoms with Crippen LogP contribution in [0.2, 0.25) is 0 Å². The summed E-state index contributed by atoms with van der Waals surface area (Å²) < 4.78 is 5.79. The Kier molecular flexibility index (Phi) is 8.27. The van der Waals surface area contributed by atoms with E-state index in [1.807, 2.05) is 48.5 Å². The summed E-state index contributed by atoms with van der Waals surface area (Å²) in [5.74, 6) is 1.07. The van der Waals surface area contributed by atoms with Crippen molar-refractivity contribution in [2.24, 2.45) is 0 Å². The average molecular weight is 501 g/mol. The third-order valence-corrected chi connectivity index (χ3v) is 6.93. The van der Waals surface area contributed by atoms with Gasteiger partial charge in [0.15, 0.2) is 5.78 Å². The van der Waals surface area contributed by atoms with Crippen molar-refractivity contribution in [3.05, 3.63) is 148 Å². The lowest BCUT2D eigenvalue weighted by Crippen LogP contribution is -2.04. The Balaban J connectivity index is 1.30. The topological polar surface area (TPSA) is 46.5 Å². The highest BCUT2D eigenvalue weighted by molar-refractivity contribution is 6.06. The number of ketones is 1. The Bertz CT molecular complexity index is 1410. The standard InChI is InChI=1S/C35H32O3/c36-22-6-7-23-38-32-19-14-27(15-20-32)24-31-25-30-10-4-5-11-33(30)35(31)29-17-12-26(13-18-29)16-21-34(37)28-8-2-1-3-9-28/h1-5,8-21,25,35-36H,6-7,22-24H2. The first-order valence-electron chi connectivity index (χ1n) is 13.2. The molecular weight excluding hydrogens is 468 g/mol. The zero-order valence-corrected chi connectivity index (χ0v) is 21.4. The number of carbonyl (C=O) groups is 1. The highest BCUT2D eigenvalue weighted by Crippen LogP contribution is 2.42. The van der Waals surface area contributed by atoms with Crippen LogP contribution in [0.25, 0.3) is 12.2 Å². The lowest BCUT2D eigenvalue weighted by Gasteiger charge is -2.18. The summed E-state index contributed by atoms with van der Waals surface area (Å²) in [6.07, 6.45) is 8.32. The van der Waals surface area contributed by atoms with Crippen LogP contribution < -0.4 is 4.74 Å². The molecule has 0 saturated heterocycles. The van der Waals surface area contributed by atoms with Crippen molar-refractivity contribution in [1.82, 2.24) is 0 Å². The molecule has 4 aromatic rings. The Hall–Kier alpha value is -4.21. The van der Waals surface area contributed by atoms with E-state index in [1.165, 1.54) is 27.8 Å². The van der Waals surface area contributed by atoms with Crippen molar-refractivity contribution in [2.45, 2.75) is 25.2 Å². The fraction of sp³-hybridized carbons (Fsp3) is 0.171. The molecule has 0 amide bonds. The van der Waals surface area contributed by atoms with Gasteiger partial charge in [-0.1, -0.05) is 109 Å². The molecule has 1 unspecified atom stereocenters. The molecule has 38 heavy (non-hydrogen) atoms. The fourth-order valence-electron chi connectivity index (χ4n) is 4.95. The molecule has 0 heterocycles. The molecule has 4 aromatic carbocycles. The van der Waals surface area contributed by atoms with E-state index in [2.05, 4.69) is 66.7 Å². The number of hydrogen-bond donors (Lipinski definition) is 1. The summed E-state index contributed by atoms with van der Waals surface area (Å²) in [5, 5.41) is 8.93. The molecule has 3 nitrogen and oxygen atoms in total. The van der Waals surface area contributed by atoms with Gasteiger partial charge in [-0.05, 0) is 65.3 Å². The zero-order valence-electron chi connectivity index (χ0n) is 21.4. The maximum absolute atomic E-state index is 12.4. The maximum atomic E-state index is 12.4. The van der Waals surface area contributed by atoms with E-state index in [4.69, 9.17) is 9.84 Å². The average Bonchev–Trinajstić information content (AvgIpc) is 3.33. The molecule has 0 bridgehead atoms. The minimum absolute atomic E-state index is 0.00574. The number of unbranched alkanes of at least 4 members (excludes halogenated alkanes) is 1. The zero-order chi connectivity index (χ0) is 26.2. The van der Waals surface area contributed by atoms with Crippen LogP contribution in [0.3, 0.4) is 0 Å². The molecule has 0 aromatic heterocycles. The molecule has 5 rings (SSSR count). The number of allylic oxidation sites excluding steroid dienone is 2. The molecule has 1 aliphatic rings. The van der Waals surface area contributed by atoms with Crippen molar-refractivity contribution in [1.29, 1.82) is 0 Å². The lowest BCUT2D eigenvalue weighted by atomic mass is 9.85. The molecule has 190 valence electrons. The molecule has 0 aliphatic heterocycles. The number of ether oxygens (including phenoxy) is 1. The lowest BCUT2D eigenvalue weighted by molar-refractivity contribution is 0.104. The summed E-state index contributed by atoms with van der Waals surface area (Å²) in [6, 6.07) is 34.8. The summed E-state index contributed by atoms with van der Waals surface area (Å²) in [7, 11) is 0. The van der Waals surface area contributed by atoms with Crippen LogP contribution in [0, 0.1) is 0 Å². The van der Waals surface area contributed by atoms with Gasteiger partial charge in [-0.3, -0.25) is 4.79 Å². The first-order valence-corrected chi connectivity index (χ1v) is 13.2. The van der Waals surface area contributed by atoms with Crippen molar-refractivity contribution >= 4 is 17.9 Å². The van der Waals surface area contributed by atoms with Gasteiger partial charge in [0.25, 0.3) is 0 Å². The molecule has 0 fully saturated rings. The quantitative estimate of drug-likeness (QED) is 0.132. The first-order chi connectivity index (χ1) is 18.7. The van der Waals surface area contributed by atoms with E-state index in [0.29, 0.717) is 12.2 Å². The molecule has 1 aliphatic carbocycles. The van der Waals surface area contributed by atoms with Crippen molar-refractivity contribution in [2.75, 3.05) is 13.2 Å². The second-order valence-corrected chi connectivity index (χ2v) is 9.61. The highest BCUT2D eigenvalue weighted by atomic mass is 16.5. The predicted molar refractivity (Wildman–Crippen MR) is 154 cm³/mol. The van der Waals surface area contributed by atoms with Gasteiger partial charge in [-0.2, -0.15) is 0 Å². The monoisotopic (exact) mass is 500 g/mol. The fourth-order valence-corrected chi connectivity index (χ4v) is 4.95. The van der Waals surface area contributed by atoms with Gasteiger partial charge in [0.2, 0.25) is 0 Å². The summed E-state index contributed by atoms with van der Waals surface area (Å²) in [5.41, 5.74) is 8.16. The SMILES string of the molecule is O=C(C=Cc1ccc(C2C(Cc3ccc(OCCCCO)cc3)=Cc3ccccc32)cc1)c1ccccc1. The van der Waals surface area contributed by atoms with E-state index in [0.717, 1.165) is 30.6 Å². The summed E-state index contributed by atoms with van der Waals surface area (Å²) in [4.78, 5) is 12.4. The Morgan fingerprint density at radius 2 is 1.55 bits per heavy atom. The smallest absolute Gasteiger partial charge is 0.185 e. The molecule has 1 N–H and O–H groups in total. The number of aliphatic hydroxyl groups excluding tert-OH is 1. The van der Waals surface area contributed by atoms with E-state index >= 15 is 0 Å². The molecule has 0 spiro atoms. The molecule has 1 atom stereocenters. The minimum Gasteiger partial charge on any atom is -0.494 e. The van der Waals surface area contributed by atoms with Gasteiger partial charge in [0, 0.05) is 18.1 Å². The summed E-state index contributed by atoms with van der Waals surface area (Å²) >= 11 is 0. The molecule has 3 heteroatoms. The van der Waals surface area contributed by atoms with E-state index < -0.39 is 0 Å². The van der Waals surface area contributed by atoms with Gasteiger partial charge in [0.05, 0.1) is 6.61 Å². The van der Waals surface area contributed by atoms with Gasteiger partial charge in [0.1, 0.15) is 5.75 Å². The van der Waals surface area contributed by atoms with Gasteiger partial charge in [-0.25, -0.2) is 0 Å². The third-order valence-electron chi connectivity index (χ3n) is 6.93. The highest BCUT2D eigenvalue weighted by Gasteiger charge is 2.26. The number of aliphatic hydroxyl groups is 1. The van der Waals surface area contributed by atoms with Crippen LogP contribution in [0.1, 0.15) is 56.9 Å². The van der Waals surface area contributed by atoms with Crippen LogP contribution in [0.5, 0.6) is 5.75 Å². The summed E-state index contributed by atoms with van der Waals surface area (Å²) in [6.45, 7) is 0.822. The largest absolute Gasteiger partial charge is 0.494 e. The molecule has 0 radical (unpaired) electrons. The van der Waals surface area contributed by atoms with E-state index in [9.17, 15) is 4.79 Å². The van der Waals surface area contributed by atoms with Crippen LogP contribution >= 0.6 is 0 Å². The van der Waals surface area contributed by atoms with Gasteiger partial charge < -0.3 is 9.84 Å². The first kappa shape index (κ1) is 25.4. The Morgan fingerprint density at radius 3 is 2.32 bits per heavy atom. The van der Waals surface area contributed by atoms with E-state index in [1.54, 1.807) is 6.08 Å². The minimum atomic E-state index is 0.00574. The number of benzene rings is 4. The Labute approximate surface area is 224 Å². The van der Waals surface area contributed by atoms with Crippen LogP contribution in [0.15, 0.2) is 115 Å². The van der Waals surface area contributed by atoms with Crippen LogP contribution in [-0.4, -0.2) is 24.1 Å². The van der Waals surface area contributed by atoms with Gasteiger partial charge in [-0.15, -0.1) is 0 Å². The van der Waals surface area contributed by atoms with Gasteiger partial charge >= 0.3 is 0 Å². The maximum Gasteiger partial charge on any atom is 0.185 e. The molecule has 0 saturated carbocycles. The number of rotatable bonds is 11. The van der Waals surface area contributed by atoms with Crippen LogP contribution in [-0.2, 0) is 6.42 Å². The van der Waals surface area contributed by atoms with E-state index in [-0.39, 0.29) is 18.3 Å². The normalized spacial score (nSPS) is 14.3. The third kappa shape index (κ3) is 6.19. The van der Waals surface area contributed by atoms with Crippen molar-refractivity contribution in [3.8, 4) is 5.75 Å². The van der Waals surface area contributed by atoms with Crippen molar-refractivity contribution in [3.63, 3.8) is 0 Å². The van der Waals surface area contributed by atoms with Crippen LogP contribution in [0.4, 0.5) is 0 Å². The number of fused-ring (bicyclic) bond motifs is 1. The predicted octanol–water partition coefficient (Wildman–Crippen LogP) is 7.51. The number of hydrogen-bond acceptors (Lipinski definition) is 3. The second kappa shape index (κ2) is 12.4. The second-order valence-electron chi connectivity index (χ2n) is 9.61. The molecular formula is C35H32O3. The van der Waals surface area contributed by atoms with Crippen molar-refractivity contribution < 1.29 is 14.6 Å². The number of carbonyl (C=O) groups excluding carboxylic acids is 1.